The summed E-state index contributed by atoms with van der Waals surface area (Å²) < 4.78 is 0. The van der Waals surface area contributed by atoms with Gasteiger partial charge in [-0.15, -0.1) is 0 Å². The molecule has 214 valence electrons. The zero-order chi connectivity index (χ0) is 2.71. The molecular weight excluding hydrogens is 1650 g/mol. The van der Waals surface area contributed by atoms with E-state index < -0.39 is 9.03 Å². The van der Waals surface area contributed by atoms with Gasteiger partial charge in [-0.3, -0.25) is 0 Å². The van der Waals surface area contributed by atoms with E-state index in [9.17, 15) is 0 Å². The molecule has 0 aromatic rings. The van der Waals surface area contributed by atoms with Crippen LogP contribution in [0.3, 0.4) is 0 Å². The normalized spacial score (nSPS) is 0.621. The maximum absolute atomic E-state index is 7.15. The van der Waals surface area contributed by atoms with Crippen LogP contribution in [0.1, 0.15) is 0 Å². The summed E-state index contributed by atoms with van der Waals surface area (Å²) in [5.74, 6) is 0. The van der Waals surface area contributed by atoms with Crippen LogP contribution in [0.25, 0.3) is 0 Å². The van der Waals surface area contributed by atoms with Crippen LogP contribution in [-0.4, -0.2) is 114 Å². The van der Waals surface area contributed by atoms with Gasteiger partial charge in [0.15, 0.2) is 0 Å². The fraction of sp³-hybridized carbons (Fsp3) is 0. The molecule has 0 aliphatic heterocycles. The standard InChI is InChI=1S/H3O2P.19H2O.7W/c1-3-2;;;;;;;;;;;;;;;;;;;;;;;;;;/h1-3H;19*1H2;;;;;;;. The van der Waals surface area contributed by atoms with Crippen LogP contribution < -0.4 is 0 Å². The molecule has 0 saturated carbocycles. The molecule has 0 aromatic heterocycles. The topological polar surface area (TPSA) is 639 Å². The molecule has 0 fully saturated rings. The largest absolute Gasteiger partial charge is 0.412 e. The number of hydrogen-bond acceptors (Lipinski definition) is 2. The molecule has 0 heterocycles. The molecule has 29 heteroatoms. The molecular formula is H41O21PW7. The van der Waals surface area contributed by atoms with Gasteiger partial charge >= 0.3 is 0 Å². The second kappa shape index (κ2) is 1090. The molecule has 40 N–H and O–H groups in total. The summed E-state index contributed by atoms with van der Waals surface area (Å²) in [6.07, 6.45) is 0. The van der Waals surface area contributed by atoms with Crippen LogP contribution in [0.4, 0.5) is 0 Å². The second-order valence-corrected chi connectivity index (χ2v) is 0.300. The molecule has 21 nitrogen and oxygen atoms in total. The van der Waals surface area contributed by atoms with E-state index in [2.05, 4.69) is 0 Å². The summed E-state index contributed by atoms with van der Waals surface area (Å²) in [5, 5.41) is 0. The summed E-state index contributed by atoms with van der Waals surface area (Å²) in [7, 11) is -0.917. The Hall–Kier alpha value is 4.41. The van der Waals surface area contributed by atoms with Crippen molar-refractivity contribution < 1.29 is 261 Å². The van der Waals surface area contributed by atoms with Gasteiger partial charge in [-0.1, -0.05) is 0 Å². The van der Waals surface area contributed by atoms with E-state index in [1.807, 2.05) is 0 Å². The van der Waals surface area contributed by atoms with Crippen LogP contribution in [0, 0.1) is 0 Å². The van der Waals surface area contributed by atoms with Gasteiger partial charge in [-0.05, 0) is 0 Å². The van der Waals surface area contributed by atoms with Gasteiger partial charge in [0.2, 0.25) is 0 Å². The Morgan fingerprint density at radius 3 is 0.207 bits per heavy atom. The van der Waals surface area contributed by atoms with Gasteiger partial charge in [0.05, 0.1) is 0 Å². The molecule has 29 heavy (non-hydrogen) atoms. The molecule has 0 saturated heterocycles. The van der Waals surface area contributed by atoms with Gasteiger partial charge in [0, 0.05) is 147 Å². The zero-order valence-electron chi connectivity index (χ0n) is 13.8. The third kappa shape index (κ3) is 1540. The first-order valence-electron chi connectivity index (χ1n) is 0.447. The Morgan fingerprint density at radius 2 is 0.207 bits per heavy atom. The SMILES string of the molecule is O.O.O.O.O.O.O.O.O.O.O.O.O.O.O.O.O.O.O.OPO.[W].[W].[W].[W].[W].[W].[W]. The summed E-state index contributed by atoms with van der Waals surface area (Å²) in [4.78, 5) is 14.3. The molecule has 0 radical (unpaired) electrons. The predicted molar refractivity (Wildman–Crippen MR) is 81.4 cm³/mol. The van der Waals surface area contributed by atoms with Crippen molar-refractivity contribution in [1.29, 1.82) is 0 Å². The fourth-order valence-corrected chi connectivity index (χ4v) is 0. The van der Waals surface area contributed by atoms with Crippen molar-refractivity contribution in [3.05, 3.63) is 0 Å². The van der Waals surface area contributed by atoms with Crippen molar-refractivity contribution >= 4 is 9.03 Å². The number of hydrogen-bond donors (Lipinski definition) is 2. The average Bonchev–Trinajstić information content (AvgIpc) is 0.918. The van der Waals surface area contributed by atoms with Gasteiger partial charge in [0.1, 0.15) is 9.03 Å². The summed E-state index contributed by atoms with van der Waals surface area (Å²) >= 11 is 0. The first kappa shape index (κ1) is 854. The smallest absolute Gasteiger partial charge is 0.149 e. The van der Waals surface area contributed by atoms with Gasteiger partial charge < -0.3 is 114 Å². The molecule has 0 atom stereocenters. The van der Waals surface area contributed by atoms with Crippen LogP contribution in [0.15, 0.2) is 0 Å². The zero-order valence-corrected chi connectivity index (χ0v) is 35.3. The van der Waals surface area contributed by atoms with Gasteiger partial charge in [-0.25, -0.2) is 0 Å². The molecule has 0 aliphatic rings. The van der Waals surface area contributed by atoms with Crippen molar-refractivity contribution in [3.8, 4) is 0 Å². The van der Waals surface area contributed by atoms with E-state index in [0.717, 1.165) is 0 Å². The maximum atomic E-state index is 7.15. The van der Waals surface area contributed by atoms with Crippen LogP contribution in [0.2, 0.25) is 0 Å². The minimum absolute atomic E-state index is 0. The average molecular weight is 1700 g/mol. The van der Waals surface area contributed by atoms with E-state index in [4.69, 9.17) is 9.79 Å². The third-order valence-electron chi connectivity index (χ3n) is 0. The van der Waals surface area contributed by atoms with Crippen molar-refractivity contribution in [1.82, 2.24) is 0 Å². The maximum Gasteiger partial charge on any atom is 0.149 e. The van der Waals surface area contributed by atoms with E-state index >= 15 is 0 Å². The Balaban J connectivity index is -0.0000000000615. The monoisotopic (exact) mass is 1700 g/mol. The Kier molecular flexibility index (Phi) is 32200. The summed E-state index contributed by atoms with van der Waals surface area (Å²) in [6.45, 7) is 0. The fourth-order valence-electron chi connectivity index (χ4n) is 0. The molecule has 0 rings (SSSR count). The van der Waals surface area contributed by atoms with Crippen molar-refractivity contribution in [3.63, 3.8) is 0 Å². The van der Waals surface area contributed by atoms with Crippen LogP contribution >= 0.6 is 9.03 Å². The quantitative estimate of drug-likeness (QED) is 0.223. The minimum atomic E-state index is -0.917. The van der Waals surface area contributed by atoms with E-state index in [0.29, 0.717) is 0 Å². The molecule has 0 bridgehead atoms. The summed E-state index contributed by atoms with van der Waals surface area (Å²) in [6, 6.07) is 0. The van der Waals surface area contributed by atoms with Crippen molar-refractivity contribution in [2.45, 2.75) is 0 Å². The molecule has 0 spiro atoms. The molecule has 0 aromatic carbocycles. The predicted octanol–water partition coefficient (Wildman–Crippen LogP) is -16.2. The van der Waals surface area contributed by atoms with Crippen LogP contribution in [0.5, 0.6) is 0 Å². The summed E-state index contributed by atoms with van der Waals surface area (Å²) in [5.41, 5.74) is 0. The van der Waals surface area contributed by atoms with Crippen molar-refractivity contribution in [2.24, 2.45) is 0 Å². The Morgan fingerprint density at radius 1 is 0.207 bits per heavy atom. The first-order valence-corrected chi connectivity index (χ1v) is 1.34. The third-order valence-corrected chi connectivity index (χ3v) is 0. The Labute approximate surface area is 267 Å². The second-order valence-electron chi connectivity index (χ2n) is 0.100. The van der Waals surface area contributed by atoms with E-state index in [1.165, 1.54) is 0 Å². The minimum Gasteiger partial charge on any atom is -0.412 e. The van der Waals surface area contributed by atoms with Gasteiger partial charge in [-0.2, -0.15) is 0 Å². The first-order chi connectivity index (χ1) is 1.41. The van der Waals surface area contributed by atoms with E-state index in [1.54, 1.807) is 0 Å². The van der Waals surface area contributed by atoms with Gasteiger partial charge in [0.25, 0.3) is 0 Å². The number of rotatable bonds is 0. The molecule has 0 amide bonds. The van der Waals surface area contributed by atoms with Crippen LogP contribution in [-0.2, 0) is 147 Å². The molecule has 0 unspecified atom stereocenters. The van der Waals surface area contributed by atoms with Crippen molar-refractivity contribution in [2.75, 3.05) is 0 Å². The Bertz CT molecular complexity index is 29.0. The molecule has 0 aliphatic carbocycles. The van der Waals surface area contributed by atoms with E-state index in [-0.39, 0.29) is 252 Å².